The van der Waals surface area contributed by atoms with E-state index in [1.165, 1.54) is 24.3 Å². The van der Waals surface area contributed by atoms with Crippen molar-refractivity contribution in [3.63, 3.8) is 0 Å². The van der Waals surface area contributed by atoms with Crippen LogP contribution in [0.4, 0.5) is 29.5 Å². The van der Waals surface area contributed by atoms with Gasteiger partial charge in [0.05, 0.1) is 7.11 Å². The molecular formula is C28H30F3N5O3. The van der Waals surface area contributed by atoms with Gasteiger partial charge < -0.3 is 24.2 Å². The normalized spacial score (nSPS) is 16.0. The number of benzene rings is 2. The molecule has 2 amide bonds. The lowest BCUT2D eigenvalue weighted by Gasteiger charge is -2.38. The quantitative estimate of drug-likeness (QED) is 0.491. The van der Waals surface area contributed by atoms with Gasteiger partial charge in [0.1, 0.15) is 17.3 Å². The van der Waals surface area contributed by atoms with Crippen LogP contribution < -0.4 is 19.7 Å². The molecule has 0 atom stereocenters. The van der Waals surface area contributed by atoms with E-state index < -0.39 is 6.36 Å². The van der Waals surface area contributed by atoms with E-state index in [9.17, 15) is 18.0 Å². The molecule has 2 aromatic carbocycles. The number of carbonyl (C=O) groups excluding carboxylic acids is 1. The highest BCUT2D eigenvalue weighted by Crippen LogP contribution is 2.36. The minimum absolute atomic E-state index is 0.248. The molecule has 3 aromatic rings. The Hall–Kier alpha value is -3.99. The summed E-state index contributed by atoms with van der Waals surface area (Å²) < 4.78 is 46.7. The van der Waals surface area contributed by atoms with E-state index in [0.29, 0.717) is 36.5 Å². The van der Waals surface area contributed by atoms with Gasteiger partial charge in [-0.05, 0) is 55.4 Å². The lowest BCUT2D eigenvalue weighted by atomic mass is 9.96. The lowest BCUT2D eigenvalue weighted by Crippen LogP contribution is -2.46. The van der Waals surface area contributed by atoms with Gasteiger partial charge in [-0.2, -0.15) is 0 Å². The van der Waals surface area contributed by atoms with Crippen molar-refractivity contribution in [3.05, 3.63) is 65.9 Å². The van der Waals surface area contributed by atoms with E-state index in [1.807, 2.05) is 6.07 Å². The van der Waals surface area contributed by atoms with Crippen molar-refractivity contribution in [2.45, 2.75) is 19.3 Å². The lowest BCUT2D eigenvalue weighted by molar-refractivity contribution is -0.274. The summed E-state index contributed by atoms with van der Waals surface area (Å²) in [4.78, 5) is 24.0. The smallest absolute Gasteiger partial charge is 0.496 e. The summed E-state index contributed by atoms with van der Waals surface area (Å²) in [6, 6.07) is 12.8. The number of urea groups is 1. The average Bonchev–Trinajstić information content (AvgIpc) is 2.93. The van der Waals surface area contributed by atoms with Gasteiger partial charge in [0, 0.05) is 67.8 Å². The molecule has 1 N–H and O–H groups in total. The maximum absolute atomic E-state index is 13.2. The molecule has 11 heteroatoms. The fraction of sp³-hybridized carbons (Fsp3) is 0.357. The number of likely N-dealkylation sites (N-methyl/N-ethyl adjacent to an activating group) is 1. The Balaban J connectivity index is 1.26. The zero-order valence-corrected chi connectivity index (χ0v) is 21.8. The van der Waals surface area contributed by atoms with E-state index >= 15 is 0 Å². The number of nitrogens with zero attached hydrogens (tertiary/aromatic N) is 4. The molecule has 0 saturated carbocycles. The number of aromatic nitrogens is 1. The summed E-state index contributed by atoms with van der Waals surface area (Å²) >= 11 is 0. The molecule has 1 saturated heterocycles. The minimum atomic E-state index is -4.74. The van der Waals surface area contributed by atoms with Crippen molar-refractivity contribution < 1.29 is 27.4 Å². The molecule has 2 aliphatic rings. The van der Waals surface area contributed by atoms with Crippen LogP contribution in [-0.4, -0.2) is 74.1 Å². The Morgan fingerprint density at radius 3 is 2.28 bits per heavy atom. The number of ether oxygens (including phenoxy) is 2. The van der Waals surface area contributed by atoms with Crippen LogP contribution in [0.5, 0.6) is 11.5 Å². The maximum Gasteiger partial charge on any atom is 0.573 e. The highest BCUT2D eigenvalue weighted by atomic mass is 19.4. The number of fused-ring (bicyclic) bond motifs is 1. The number of anilines is 2. The van der Waals surface area contributed by atoms with Crippen molar-refractivity contribution in [2.75, 3.05) is 57.1 Å². The van der Waals surface area contributed by atoms with Crippen molar-refractivity contribution in [1.82, 2.24) is 14.8 Å². The number of pyridine rings is 1. The van der Waals surface area contributed by atoms with Crippen LogP contribution in [0.3, 0.4) is 0 Å². The molecule has 0 bridgehead atoms. The number of hydrogen-bond donors (Lipinski definition) is 1. The van der Waals surface area contributed by atoms with E-state index in [0.717, 1.165) is 48.7 Å². The van der Waals surface area contributed by atoms with E-state index in [2.05, 4.69) is 38.0 Å². The number of rotatable bonds is 5. The summed E-state index contributed by atoms with van der Waals surface area (Å²) in [5.41, 5.74) is 4.77. The van der Waals surface area contributed by atoms with Crippen LogP contribution in [0.1, 0.15) is 11.1 Å². The molecule has 39 heavy (non-hydrogen) atoms. The number of hydrogen-bond acceptors (Lipinski definition) is 6. The number of amides is 2. The van der Waals surface area contributed by atoms with Crippen LogP contribution in [0.25, 0.3) is 11.1 Å². The Kier molecular flexibility index (Phi) is 7.51. The summed E-state index contributed by atoms with van der Waals surface area (Å²) in [5.74, 6) is 0.939. The van der Waals surface area contributed by atoms with E-state index in [4.69, 9.17) is 4.74 Å². The first-order valence-corrected chi connectivity index (χ1v) is 12.7. The molecule has 2 aliphatic heterocycles. The van der Waals surface area contributed by atoms with Crippen LogP contribution >= 0.6 is 0 Å². The summed E-state index contributed by atoms with van der Waals surface area (Å²) in [7, 11) is 3.79. The number of alkyl halides is 3. The fourth-order valence-electron chi connectivity index (χ4n) is 5.01. The van der Waals surface area contributed by atoms with Gasteiger partial charge in [0.25, 0.3) is 0 Å². The highest BCUT2D eigenvalue weighted by molar-refractivity contribution is 5.89. The zero-order valence-electron chi connectivity index (χ0n) is 21.8. The van der Waals surface area contributed by atoms with Crippen molar-refractivity contribution >= 4 is 17.5 Å². The van der Waals surface area contributed by atoms with Crippen molar-refractivity contribution in [3.8, 4) is 22.6 Å². The monoisotopic (exact) mass is 541 g/mol. The SMILES string of the molecule is COc1ccc(N2CCN(C)CC2)c2c1CCN(C(=O)Nc1ccc(-c3ccc(OC(F)(F)F)cc3)cn1)C2. The largest absolute Gasteiger partial charge is 0.573 e. The molecule has 0 radical (unpaired) electrons. The van der Waals surface area contributed by atoms with Crippen LogP contribution in [-0.2, 0) is 13.0 Å². The molecule has 3 heterocycles. The third kappa shape index (κ3) is 6.19. The van der Waals surface area contributed by atoms with Crippen molar-refractivity contribution in [2.24, 2.45) is 0 Å². The topological polar surface area (TPSA) is 70.2 Å². The first-order chi connectivity index (χ1) is 18.7. The second-order valence-corrected chi connectivity index (χ2v) is 9.64. The molecule has 0 aliphatic carbocycles. The zero-order chi connectivity index (χ0) is 27.6. The molecule has 0 unspecified atom stereocenters. The maximum atomic E-state index is 13.2. The van der Waals surface area contributed by atoms with Gasteiger partial charge in [-0.1, -0.05) is 12.1 Å². The van der Waals surface area contributed by atoms with Crippen LogP contribution in [0.2, 0.25) is 0 Å². The summed E-state index contributed by atoms with van der Waals surface area (Å²) in [6.07, 6.45) is -2.48. The van der Waals surface area contributed by atoms with Crippen LogP contribution in [0.15, 0.2) is 54.7 Å². The van der Waals surface area contributed by atoms with Crippen molar-refractivity contribution in [1.29, 1.82) is 0 Å². The Bertz CT molecular complexity index is 1310. The van der Waals surface area contributed by atoms with Gasteiger partial charge in [0.15, 0.2) is 0 Å². The summed E-state index contributed by atoms with van der Waals surface area (Å²) in [6.45, 7) is 4.83. The average molecular weight is 542 g/mol. The number of nitrogens with one attached hydrogen (secondary N) is 1. The molecule has 206 valence electrons. The number of piperazine rings is 1. The molecular weight excluding hydrogens is 511 g/mol. The highest BCUT2D eigenvalue weighted by Gasteiger charge is 2.31. The number of carbonyl (C=O) groups is 1. The molecule has 0 spiro atoms. The Morgan fingerprint density at radius 1 is 0.923 bits per heavy atom. The third-order valence-corrected chi connectivity index (χ3v) is 7.11. The van der Waals surface area contributed by atoms with E-state index in [-0.39, 0.29) is 11.8 Å². The summed E-state index contributed by atoms with van der Waals surface area (Å²) in [5, 5.41) is 2.87. The minimum Gasteiger partial charge on any atom is -0.496 e. The second kappa shape index (κ2) is 11.0. The molecule has 8 nitrogen and oxygen atoms in total. The predicted octanol–water partition coefficient (Wildman–Crippen LogP) is 5.00. The molecule has 1 aromatic heterocycles. The van der Waals surface area contributed by atoms with Gasteiger partial charge >= 0.3 is 12.4 Å². The van der Waals surface area contributed by atoms with Gasteiger partial charge in [0.2, 0.25) is 0 Å². The van der Waals surface area contributed by atoms with E-state index in [1.54, 1.807) is 30.3 Å². The number of halogens is 3. The van der Waals surface area contributed by atoms with Crippen LogP contribution in [0, 0.1) is 0 Å². The fourth-order valence-corrected chi connectivity index (χ4v) is 5.01. The predicted molar refractivity (Wildman–Crippen MR) is 142 cm³/mol. The van der Waals surface area contributed by atoms with Gasteiger partial charge in [-0.3, -0.25) is 5.32 Å². The first-order valence-electron chi connectivity index (χ1n) is 12.7. The van der Waals surface area contributed by atoms with Gasteiger partial charge in [-0.15, -0.1) is 13.2 Å². The third-order valence-electron chi connectivity index (χ3n) is 7.11. The number of methoxy groups -OCH3 is 1. The Labute approximate surface area is 224 Å². The molecule has 1 fully saturated rings. The molecule has 5 rings (SSSR count). The standard InChI is InChI=1S/C28H30F3N5O3/c1-34-13-15-35(16-14-34)24-8-9-25(38-2)22-11-12-36(18-23(22)24)27(37)33-26-10-5-20(17-32-26)19-3-6-21(7-4-19)39-28(29,30)31/h3-10,17H,11-16,18H2,1-2H3,(H,32,33,37). The second-order valence-electron chi connectivity index (χ2n) is 9.64. The first kappa shape index (κ1) is 26.6. The van der Waals surface area contributed by atoms with Gasteiger partial charge in [-0.25, -0.2) is 9.78 Å². The Morgan fingerprint density at radius 2 is 1.64 bits per heavy atom.